The van der Waals surface area contributed by atoms with Gasteiger partial charge in [-0.1, -0.05) is 47.5 Å². The Bertz CT molecular complexity index is 553. The van der Waals surface area contributed by atoms with Gasteiger partial charge in [0.05, 0.1) is 28.0 Å². The van der Waals surface area contributed by atoms with Gasteiger partial charge in [0, 0.05) is 7.05 Å². The van der Waals surface area contributed by atoms with Gasteiger partial charge in [-0.25, -0.2) is 0 Å². The molecule has 0 spiro atoms. The highest BCUT2D eigenvalue weighted by atomic mass is 35.5. The Morgan fingerprint density at radius 2 is 2.16 bits per heavy atom. The second-order valence-electron chi connectivity index (χ2n) is 4.31. The second-order valence-corrected chi connectivity index (χ2v) is 5.10. The third kappa shape index (κ3) is 3.08. The average molecular weight is 299 g/mol. The smallest absolute Gasteiger partial charge is 0.0799 e. The number of aryl methyl sites for hydroxylation is 1. The summed E-state index contributed by atoms with van der Waals surface area (Å²) in [5.41, 5.74) is 1.89. The molecule has 0 aliphatic heterocycles. The van der Waals surface area contributed by atoms with Gasteiger partial charge in [0.1, 0.15) is 0 Å². The normalized spacial score (nSPS) is 12.6. The zero-order chi connectivity index (χ0) is 13.8. The Labute approximate surface area is 122 Å². The minimum Gasteiger partial charge on any atom is -0.305 e. The molecule has 0 aliphatic rings. The van der Waals surface area contributed by atoms with E-state index in [-0.39, 0.29) is 6.04 Å². The summed E-state index contributed by atoms with van der Waals surface area (Å²) in [6.45, 7) is 2.99. The fourth-order valence-corrected chi connectivity index (χ4v) is 2.38. The van der Waals surface area contributed by atoms with E-state index in [2.05, 4.69) is 22.6 Å². The van der Waals surface area contributed by atoms with E-state index in [1.54, 1.807) is 16.9 Å². The maximum Gasteiger partial charge on any atom is 0.0799 e. The van der Waals surface area contributed by atoms with Gasteiger partial charge in [-0.05, 0) is 24.6 Å². The first-order valence-electron chi connectivity index (χ1n) is 6.17. The van der Waals surface area contributed by atoms with E-state index < -0.39 is 0 Å². The van der Waals surface area contributed by atoms with Crippen molar-refractivity contribution in [2.24, 2.45) is 7.05 Å². The van der Waals surface area contributed by atoms with Crippen molar-refractivity contribution < 1.29 is 0 Å². The van der Waals surface area contributed by atoms with Crippen molar-refractivity contribution in [2.45, 2.75) is 19.4 Å². The first-order chi connectivity index (χ1) is 9.15. The molecular weight excluding hydrogens is 283 g/mol. The highest BCUT2D eigenvalue weighted by Gasteiger charge is 2.20. The summed E-state index contributed by atoms with van der Waals surface area (Å²) in [7, 11) is 1.86. The summed E-state index contributed by atoms with van der Waals surface area (Å²) in [4.78, 5) is 0. The van der Waals surface area contributed by atoms with Crippen molar-refractivity contribution in [1.82, 2.24) is 20.3 Å². The maximum absolute atomic E-state index is 6.31. The number of halogens is 2. The van der Waals surface area contributed by atoms with Crippen molar-refractivity contribution in [1.29, 1.82) is 0 Å². The number of nitrogens with zero attached hydrogens (tertiary/aromatic N) is 3. The van der Waals surface area contributed by atoms with Crippen molar-refractivity contribution in [2.75, 3.05) is 6.54 Å². The quantitative estimate of drug-likeness (QED) is 0.922. The molecule has 102 valence electrons. The lowest BCUT2D eigenvalue weighted by atomic mass is 10.0. The molecule has 1 N–H and O–H groups in total. The molecule has 0 bridgehead atoms. The summed E-state index contributed by atoms with van der Waals surface area (Å²) in [5, 5.41) is 12.5. The van der Waals surface area contributed by atoms with Crippen LogP contribution in [0.2, 0.25) is 10.0 Å². The highest BCUT2D eigenvalue weighted by molar-refractivity contribution is 6.42. The zero-order valence-electron chi connectivity index (χ0n) is 10.9. The van der Waals surface area contributed by atoms with E-state index in [9.17, 15) is 0 Å². The third-order valence-electron chi connectivity index (χ3n) is 2.94. The lowest BCUT2D eigenvalue weighted by molar-refractivity contribution is 0.551. The van der Waals surface area contributed by atoms with Gasteiger partial charge in [-0.15, -0.1) is 5.10 Å². The topological polar surface area (TPSA) is 42.7 Å². The maximum atomic E-state index is 6.31. The molecule has 1 heterocycles. The molecule has 6 heteroatoms. The van der Waals surface area contributed by atoms with Gasteiger partial charge >= 0.3 is 0 Å². The molecular formula is C13H16Cl2N4. The molecule has 1 atom stereocenters. The molecule has 2 aromatic rings. The van der Waals surface area contributed by atoms with Crippen LogP contribution in [0.15, 0.2) is 24.4 Å². The van der Waals surface area contributed by atoms with E-state index >= 15 is 0 Å². The van der Waals surface area contributed by atoms with Gasteiger partial charge in [0.25, 0.3) is 0 Å². The Balaban J connectivity index is 2.43. The van der Waals surface area contributed by atoms with E-state index in [1.807, 2.05) is 19.2 Å². The molecule has 1 aromatic carbocycles. The Morgan fingerprint density at radius 3 is 2.79 bits per heavy atom. The van der Waals surface area contributed by atoms with E-state index in [0.717, 1.165) is 24.2 Å². The molecule has 0 radical (unpaired) electrons. The van der Waals surface area contributed by atoms with E-state index in [4.69, 9.17) is 23.2 Å². The van der Waals surface area contributed by atoms with Gasteiger partial charge in [0.15, 0.2) is 0 Å². The summed E-state index contributed by atoms with van der Waals surface area (Å²) < 4.78 is 1.74. The minimum atomic E-state index is -0.0638. The van der Waals surface area contributed by atoms with Gasteiger partial charge in [0.2, 0.25) is 0 Å². The molecule has 19 heavy (non-hydrogen) atoms. The number of nitrogens with one attached hydrogen (secondary N) is 1. The first-order valence-corrected chi connectivity index (χ1v) is 6.92. The highest BCUT2D eigenvalue weighted by Crippen LogP contribution is 2.32. The van der Waals surface area contributed by atoms with Crippen LogP contribution in [-0.4, -0.2) is 21.5 Å². The Kier molecular flexibility index (Phi) is 4.80. The largest absolute Gasteiger partial charge is 0.305 e. The van der Waals surface area contributed by atoms with Crippen LogP contribution in [0.1, 0.15) is 30.6 Å². The molecule has 0 saturated heterocycles. The fourth-order valence-electron chi connectivity index (χ4n) is 1.96. The lowest BCUT2D eigenvalue weighted by Gasteiger charge is -2.20. The van der Waals surface area contributed by atoms with Crippen molar-refractivity contribution in [3.05, 3.63) is 45.7 Å². The fraction of sp³-hybridized carbons (Fsp3) is 0.385. The SMILES string of the molecule is CCCNC(c1cccc(Cl)c1Cl)c1cnnn1C. The summed E-state index contributed by atoms with van der Waals surface area (Å²) in [6.07, 6.45) is 2.77. The number of hydrogen-bond acceptors (Lipinski definition) is 3. The van der Waals surface area contributed by atoms with E-state index in [1.165, 1.54) is 0 Å². The van der Waals surface area contributed by atoms with Crippen LogP contribution >= 0.6 is 23.2 Å². The average Bonchev–Trinajstić information content (AvgIpc) is 2.81. The molecule has 2 rings (SSSR count). The predicted octanol–water partition coefficient (Wildman–Crippen LogP) is 3.21. The monoisotopic (exact) mass is 298 g/mol. The van der Waals surface area contributed by atoms with Crippen LogP contribution in [0.4, 0.5) is 0 Å². The summed E-state index contributed by atoms with van der Waals surface area (Å²) >= 11 is 12.4. The minimum absolute atomic E-state index is 0.0638. The predicted molar refractivity (Wildman–Crippen MR) is 77.6 cm³/mol. The summed E-state index contributed by atoms with van der Waals surface area (Å²) in [5.74, 6) is 0. The number of benzene rings is 1. The molecule has 0 fully saturated rings. The number of hydrogen-bond donors (Lipinski definition) is 1. The standard InChI is InChI=1S/C13H16Cl2N4/c1-3-7-16-13(11-8-17-18-19(11)2)9-5-4-6-10(14)12(9)15/h4-6,8,13,16H,3,7H2,1-2H3. The molecule has 0 amide bonds. The van der Waals surface area contributed by atoms with Crippen LogP contribution in [0, 0.1) is 0 Å². The third-order valence-corrected chi connectivity index (χ3v) is 3.77. The Hall–Kier alpha value is -1.10. The second kappa shape index (κ2) is 6.37. The number of rotatable bonds is 5. The molecule has 0 saturated carbocycles. The molecule has 1 unspecified atom stereocenters. The van der Waals surface area contributed by atoms with Crippen molar-refractivity contribution in [3.63, 3.8) is 0 Å². The van der Waals surface area contributed by atoms with Crippen LogP contribution in [-0.2, 0) is 7.05 Å². The van der Waals surface area contributed by atoms with Crippen LogP contribution in [0.5, 0.6) is 0 Å². The van der Waals surface area contributed by atoms with Gasteiger partial charge < -0.3 is 5.32 Å². The van der Waals surface area contributed by atoms with Crippen LogP contribution in [0.3, 0.4) is 0 Å². The molecule has 4 nitrogen and oxygen atoms in total. The molecule has 1 aromatic heterocycles. The van der Waals surface area contributed by atoms with E-state index in [0.29, 0.717) is 10.0 Å². The van der Waals surface area contributed by atoms with Crippen LogP contribution < -0.4 is 5.32 Å². The van der Waals surface area contributed by atoms with Crippen LogP contribution in [0.25, 0.3) is 0 Å². The van der Waals surface area contributed by atoms with Crippen molar-refractivity contribution >= 4 is 23.2 Å². The summed E-state index contributed by atoms with van der Waals surface area (Å²) in [6, 6.07) is 5.58. The Morgan fingerprint density at radius 1 is 1.37 bits per heavy atom. The van der Waals surface area contributed by atoms with Gasteiger partial charge in [-0.3, -0.25) is 4.68 Å². The first kappa shape index (κ1) is 14.3. The lowest BCUT2D eigenvalue weighted by Crippen LogP contribution is -2.25. The van der Waals surface area contributed by atoms with Gasteiger partial charge in [-0.2, -0.15) is 0 Å². The van der Waals surface area contributed by atoms with Crippen molar-refractivity contribution in [3.8, 4) is 0 Å². The zero-order valence-corrected chi connectivity index (χ0v) is 12.4. The molecule has 0 aliphatic carbocycles. The number of aromatic nitrogens is 3.